The Hall–Kier alpha value is -1.46. The third-order valence-electron chi connectivity index (χ3n) is 2.20. The van der Waals surface area contributed by atoms with Gasteiger partial charge in [0.05, 0.1) is 6.10 Å². The van der Waals surface area contributed by atoms with Crippen molar-refractivity contribution >= 4 is 0 Å². The summed E-state index contributed by atoms with van der Waals surface area (Å²) < 4.78 is 5.65. The van der Waals surface area contributed by atoms with Gasteiger partial charge in [-0.05, 0) is 38.5 Å². The largest absolute Gasteiger partial charge is 0.491 e. The second-order valence-corrected chi connectivity index (χ2v) is 4.17. The van der Waals surface area contributed by atoms with Gasteiger partial charge >= 0.3 is 0 Å². The molecule has 0 bridgehead atoms. The van der Waals surface area contributed by atoms with Crippen LogP contribution < -0.4 is 10.1 Å². The summed E-state index contributed by atoms with van der Waals surface area (Å²) in [6, 6.07) is 8.21. The normalized spacial score (nSPS) is 9.88. The minimum Gasteiger partial charge on any atom is -0.491 e. The lowest BCUT2D eigenvalue weighted by Gasteiger charge is -2.11. The summed E-state index contributed by atoms with van der Waals surface area (Å²) in [6.07, 6.45) is 1.12. The monoisotopic (exact) mass is 231 g/mol. The van der Waals surface area contributed by atoms with E-state index in [9.17, 15) is 0 Å². The summed E-state index contributed by atoms with van der Waals surface area (Å²) in [5, 5.41) is 3.36. The Kier molecular flexibility index (Phi) is 6.21. The lowest BCUT2D eigenvalue weighted by molar-refractivity contribution is 0.242. The van der Waals surface area contributed by atoms with Crippen LogP contribution in [0.1, 0.15) is 32.8 Å². The van der Waals surface area contributed by atoms with Crippen LogP contribution in [0, 0.1) is 11.8 Å². The topological polar surface area (TPSA) is 21.3 Å². The Labute approximate surface area is 104 Å². The van der Waals surface area contributed by atoms with Crippen LogP contribution in [0.25, 0.3) is 0 Å². The average molecular weight is 231 g/mol. The van der Waals surface area contributed by atoms with Gasteiger partial charge in [0.25, 0.3) is 0 Å². The van der Waals surface area contributed by atoms with Crippen molar-refractivity contribution < 1.29 is 4.74 Å². The summed E-state index contributed by atoms with van der Waals surface area (Å²) in [4.78, 5) is 0. The maximum atomic E-state index is 5.65. The molecule has 0 aliphatic carbocycles. The van der Waals surface area contributed by atoms with E-state index in [1.165, 1.54) is 5.56 Å². The van der Waals surface area contributed by atoms with E-state index in [1.54, 1.807) is 0 Å². The molecule has 0 atom stereocenters. The molecule has 0 unspecified atom stereocenters. The van der Waals surface area contributed by atoms with E-state index in [4.69, 9.17) is 4.74 Å². The molecule has 0 spiro atoms. The maximum absolute atomic E-state index is 5.65. The van der Waals surface area contributed by atoms with E-state index in [1.807, 2.05) is 32.9 Å². The van der Waals surface area contributed by atoms with Crippen molar-refractivity contribution in [1.82, 2.24) is 5.32 Å². The molecule has 1 aromatic carbocycles. The van der Waals surface area contributed by atoms with Crippen molar-refractivity contribution in [2.45, 2.75) is 39.8 Å². The molecule has 2 nitrogen and oxygen atoms in total. The van der Waals surface area contributed by atoms with Crippen LogP contribution in [0.5, 0.6) is 5.75 Å². The molecule has 1 rings (SSSR count). The van der Waals surface area contributed by atoms with Gasteiger partial charge in [-0.2, -0.15) is 0 Å². The third-order valence-corrected chi connectivity index (χ3v) is 2.20. The highest BCUT2D eigenvalue weighted by Gasteiger charge is 1.98. The fraction of sp³-hybridized carbons (Fsp3) is 0.467. The molecule has 0 aromatic heterocycles. The Morgan fingerprint density at radius 2 is 2.18 bits per heavy atom. The highest BCUT2D eigenvalue weighted by atomic mass is 16.5. The Bertz CT molecular complexity index is 387. The molecule has 0 radical (unpaired) electrons. The molecular weight excluding hydrogens is 210 g/mol. The van der Waals surface area contributed by atoms with Gasteiger partial charge in [-0.1, -0.05) is 12.1 Å². The predicted octanol–water partition coefficient (Wildman–Crippen LogP) is 2.98. The van der Waals surface area contributed by atoms with Gasteiger partial charge in [-0.15, -0.1) is 11.8 Å². The first-order valence-electron chi connectivity index (χ1n) is 6.08. The van der Waals surface area contributed by atoms with Crippen molar-refractivity contribution in [2.24, 2.45) is 0 Å². The molecule has 0 saturated heterocycles. The van der Waals surface area contributed by atoms with Crippen molar-refractivity contribution in [3.8, 4) is 17.6 Å². The molecule has 0 saturated carbocycles. The van der Waals surface area contributed by atoms with E-state index in [-0.39, 0.29) is 6.10 Å². The Morgan fingerprint density at radius 1 is 1.35 bits per heavy atom. The first-order chi connectivity index (χ1) is 8.22. The van der Waals surface area contributed by atoms with E-state index < -0.39 is 0 Å². The van der Waals surface area contributed by atoms with Gasteiger partial charge in [0.2, 0.25) is 0 Å². The molecule has 0 aliphatic heterocycles. The summed E-state index contributed by atoms with van der Waals surface area (Å²) in [6.45, 7) is 7.73. The van der Waals surface area contributed by atoms with E-state index in [0.29, 0.717) is 0 Å². The molecule has 1 aromatic rings. The number of rotatable bonds is 6. The first kappa shape index (κ1) is 13.6. The zero-order valence-corrected chi connectivity index (χ0v) is 10.9. The second-order valence-electron chi connectivity index (χ2n) is 4.17. The van der Waals surface area contributed by atoms with Crippen molar-refractivity contribution in [3.63, 3.8) is 0 Å². The van der Waals surface area contributed by atoms with Crippen molar-refractivity contribution in [1.29, 1.82) is 0 Å². The van der Waals surface area contributed by atoms with Crippen LogP contribution in [0.15, 0.2) is 24.3 Å². The first-order valence-corrected chi connectivity index (χ1v) is 6.08. The van der Waals surface area contributed by atoms with Crippen LogP contribution in [-0.4, -0.2) is 12.6 Å². The standard InChI is InChI=1S/C15H21NO/c1-4-5-6-10-16-12-14-8-7-9-15(11-14)17-13(2)3/h7-9,11,13,16H,6,10,12H2,1-3H3. The van der Waals surface area contributed by atoms with Gasteiger partial charge in [-0.3, -0.25) is 0 Å². The average Bonchev–Trinajstić information content (AvgIpc) is 2.28. The number of hydrogen-bond donors (Lipinski definition) is 1. The van der Waals surface area contributed by atoms with Crippen molar-refractivity contribution in [2.75, 3.05) is 6.54 Å². The molecule has 2 heteroatoms. The summed E-state index contributed by atoms with van der Waals surface area (Å²) in [7, 11) is 0. The summed E-state index contributed by atoms with van der Waals surface area (Å²) in [5.41, 5.74) is 1.24. The van der Waals surface area contributed by atoms with Gasteiger partial charge in [0.15, 0.2) is 0 Å². The Morgan fingerprint density at radius 3 is 2.88 bits per heavy atom. The lowest BCUT2D eigenvalue weighted by atomic mass is 10.2. The fourth-order valence-electron chi connectivity index (χ4n) is 1.51. The smallest absolute Gasteiger partial charge is 0.120 e. The van der Waals surface area contributed by atoms with E-state index >= 15 is 0 Å². The zero-order chi connectivity index (χ0) is 12.5. The number of hydrogen-bond acceptors (Lipinski definition) is 2. The van der Waals surface area contributed by atoms with Gasteiger partial charge in [-0.25, -0.2) is 0 Å². The van der Waals surface area contributed by atoms with Crippen molar-refractivity contribution in [3.05, 3.63) is 29.8 Å². The molecule has 0 fully saturated rings. The van der Waals surface area contributed by atoms with Crippen LogP contribution in [0.4, 0.5) is 0 Å². The van der Waals surface area contributed by atoms with E-state index in [2.05, 4.69) is 29.3 Å². The van der Waals surface area contributed by atoms with Crippen LogP contribution in [0.2, 0.25) is 0 Å². The third kappa shape index (κ3) is 5.99. The molecule has 92 valence electrons. The Balaban J connectivity index is 2.39. The summed E-state index contributed by atoms with van der Waals surface area (Å²) >= 11 is 0. The second kappa shape index (κ2) is 7.76. The zero-order valence-electron chi connectivity index (χ0n) is 10.9. The molecular formula is C15H21NO. The predicted molar refractivity (Wildman–Crippen MR) is 72.0 cm³/mol. The molecule has 0 heterocycles. The molecule has 0 aliphatic rings. The van der Waals surface area contributed by atoms with Gasteiger partial charge in [0.1, 0.15) is 5.75 Å². The minimum atomic E-state index is 0.220. The molecule has 1 N–H and O–H groups in total. The maximum Gasteiger partial charge on any atom is 0.120 e. The van der Waals surface area contributed by atoms with Gasteiger partial charge < -0.3 is 10.1 Å². The highest BCUT2D eigenvalue weighted by Crippen LogP contribution is 2.14. The lowest BCUT2D eigenvalue weighted by Crippen LogP contribution is -2.14. The quantitative estimate of drug-likeness (QED) is 0.600. The number of nitrogens with one attached hydrogen (secondary N) is 1. The fourth-order valence-corrected chi connectivity index (χ4v) is 1.51. The van der Waals surface area contributed by atoms with Crippen LogP contribution >= 0.6 is 0 Å². The van der Waals surface area contributed by atoms with Crippen LogP contribution in [-0.2, 0) is 6.54 Å². The van der Waals surface area contributed by atoms with Gasteiger partial charge in [0, 0.05) is 19.5 Å². The molecule has 17 heavy (non-hydrogen) atoms. The van der Waals surface area contributed by atoms with E-state index in [0.717, 1.165) is 25.3 Å². The molecule has 0 amide bonds. The SMILES string of the molecule is CC#CCCNCc1cccc(OC(C)C)c1. The highest BCUT2D eigenvalue weighted by molar-refractivity contribution is 5.28. The number of benzene rings is 1. The minimum absolute atomic E-state index is 0.220. The summed E-state index contributed by atoms with van der Waals surface area (Å²) in [5.74, 6) is 6.86. The van der Waals surface area contributed by atoms with Crippen LogP contribution in [0.3, 0.4) is 0 Å². The number of ether oxygens (including phenoxy) is 1.